The van der Waals surface area contributed by atoms with Crippen LogP contribution in [0.5, 0.6) is 0 Å². The molecule has 2 aliphatic rings. The summed E-state index contributed by atoms with van der Waals surface area (Å²) in [5, 5.41) is 0. The number of carbonyl (C=O) groups excluding carboxylic acids is 2. The number of Topliss-reactive ketones (excluding diaryl/α,β-unsaturated/α-hetero) is 1. The van der Waals surface area contributed by atoms with Crippen molar-refractivity contribution in [2.75, 3.05) is 31.6 Å². The minimum atomic E-state index is -3.17. The van der Waals surface area contributed by atoms with Gasteiger partial charge in [-0.3, -0.25) is 14.5 Å². The summed E-state index contributed by atoms with van der Waals surface area (Å²) in [7, 11) is -1.30. The van der Waals surface area contributed by atoms with Crippen molar-refractivity contribution in [2.45, 2.75) is 12.1 Å². The predicted molar refractivity (Wildman–Crippen MR) is 81.3 cm³/mol. The lowest BCUT2D eigenvalue weighted by Crippen LogP contribution is -2.60. The molecule has 2 aliphatic heterocycles. The molecule has 0 aromatic heterocycles. The predicted octanol–water partition coefficient (Wildman–Crippen LogP) is -0.191. The highest BCUT2D eigenvalue weighted by Crippen LogP contribution is 2.26. The molecule has 2 heterocycles. The Morgan fingerprint density at radius 1 is 1.05 bits per heavy atom. The molecular formula is C15H18N2O4S. The second-order valence-corrected chi connectivity index (χ2v) is 8.04. The third-order valence-corrected chi connectivity index (χ3v) is 6.14. The number of benzene rings is 1. The Morgan fingerprint density at radius 3 is 2.36 bits per heavy atom. The first-order chi connectivity index (χ1) is 10.4. The van der Waals surface area contributed by atoms with Gasteiger partial charge in [-0.05, 0) is 7.05 Å². The summed E-state index contributed by atoms with van der Waals surface area (Å²) in [6.45, 7) is 0.953. The van der Waals surface area contributed by atoms with E-state index in [0.717, 1.165) is 0 Å². The molecular weight excluding hydrogens is 304 g/mol. The van der Waals surface area contributed by atoms with Crippen LogP contribution in [0.15, 0.2) is 30.3 Å². The van der Waals surface area contributed by atoms with Gasteiger partial charge in [0.05, 0.1) is 17.5 Å². The molecule has 0 unspecified atom stereocenters. The van der Waals surface area contributed by atoms with Crippen LogP contribution in [0.4, 0.5) is 0 Å². The summed E-state index contributed by atoms with van der Waals surface area (Å²) >= 11 is 0. The Hall–Kier alpha value is -1.73. The standard InChI is InChI=1S/C15H18N2O4S/c1-16-7-8-17(13-10-22(20,21)9-12(13)16)15(19)14(18)11-5-3-2-4-6-11/h2-6,12-13H,7-10H2,1H3/t12-,13+/m0/s1. The monoisotopic (exact) mass is 322 g/mol. The van der Waals surface area contributed by atoms with Gasteiger partial charge in [-0.1, -0.05) is 30.3 Å². The summed E-state index contributed by atoms with van der Waals surface area (Å²) < 4.78 is 23.8. The van der Waals surface area contributed by atoms with Crippen LogP contribution in [0.1, 0.15) is 10.4 Å². The van der Waals surface area contributed by atoms with Crippen molar-refractivity contribution in [2.24, 2.45) is 0 Å². The first-order valence-corrected chi connectivity index (χ1v) is 9.02. The topological polar surface area (TPSA) is 74.8 Å². The Labute approximate surface area is 129 Å². The van der Waals surface area contributed by atoms with Gasteiger partial charge in [0.2, 0.25) is 5.78 Å². The molecule has 2 atom stereocenters. The minimum Gasteiger partial charge on any atom is -0.329 e. The zero-order valence-corrected chi connectivity index (χ0v) is 13.1. The highest BCUT2D eigenvalue weighted by Gasteiger charge is 2.47. The van der Waals surface area contributed by atoms with Crippen LogP contribution in [0.2, 0.25) is 0 Å². The van der Waals surface area contributed by atoms with E-state index in [1.165, 1.54) is 4.90 Å². The number of hydrogen-bond acceptors (Lipinski definition) is 5. The maximum absolute atomic E-state index is 12.5. The van der Waals surface area contributed by atoms with Crippen LogP contribution in [0.25, 0.3) is 0 Å². The van der Waals surface area contributed by atoms with E-state index in [4.69, 9.17) is 0 Å². The number of carbonyl (C=O) groups is 2. The molecule has 2 fully saturated rings. The molecule has 2 saturated heterocycles. The molecule has 0 bridgehead atoms. The van der Waals surface area contributed by atoms with E-state index in [0.29, 0.717) is 18.7 Å². The lowest BCUT2D eigenvalue weighted by atomic mass is 10.0. The first-order valence-electron chi connectivity index (χ1n) is 7.20. The Morgan fingerprint density at radius 2 is 1.68 bits per heavy atom. The van der Waals surface area contributed by atoms with Crippen molar-refractivity contribution in [3.8, 4) is 0 Å². The van der Waals surface area contributed by atoms with E-state index in [9.17, 15) is 18.0 Å². The van der Waals surface area contributed by atoms with Crippen molar-refractivity contribution in [3.05, 3.63) is 35.9 Å². The Bertz CT molecular complexity index is 702. The molecule has 6 nitrogen and oxygen atoms in total. The van der Waals surface area contributed by atoms with Gasteiger partial charge in [-0.25, -0.2) is 8.42 Å². The van der Waals surface area contributed by atoms with Crippen molar-refractivity contribution in [1.29, 1.82) is 0 Å². The highest BCUT2D eigenvalue weighted by atomic mass is 32.2. The van der Waals surface area contributed by atoms with E-state index in [-0.39, 0.29) is 17.5 Å². The van der Waals surface area contributed by atoms with Crippen molar-refractivity contribution in [3.63, 3.8) is 0 Å². The van der Waals surface area contributed by atoms with E-state index in [2.05, 4.69) is 0 Å². The number of sulfone groups is 1. The molecule has 0 aliphatic carbocycles. The highest BCUT2D eigenvalue weighted by molar-refractivity contribution is 7.91. The van der Waals surface area contributed by atoms with Gasteiger partial charge in [0.15, 0.2) is 9.84 Å². The van der Waals surface area contributed by atoms with E-state index < -0.39 is 27.6 Å². The lowest BCUT2D eigenvalue weighted by Gasteiger charge is -2.41. The molecule has 3 rings (SSSR count). The lowest BCUT2D eigenvalue weighted by molar-refractivity contribution is -0.131. The van der Waals surface area contributed by atoms with Crippen LogP contribution in [-0.2, 0) is 14.6 Å². The van der Waals surface area contributed by atoms with Gasteiger partial charge in [-0.15, -0.1) is 0 Å². The van der Waals surface area contributed by atoms with E-state index in [1.807, 2.05) is 11.9 Å². The minimum absolute atomic E-state index is 0.0530. The SMILES string of the molecule is CN1CCN(C(=O)C(=O)c2ccccc2)[C@@H]2CS(=O)(=O)C[C@@H]21. The number of likely N-dealkylation sites (N-methyl/N-ethyl adjacent to an activating group) is 1. The number of rotatable bonds is 2. The van der Waals surface area contributed by atoms with Crippen molar-refractivity contribution < 1.29 is 18.0 Å². The molecule has 1 amide bonds. The fraction of sp³-hybridized carbons (Fsp3) is 0.467. The molecule has 7 heteroatoms. The summed E-state index contributed by atoms with van der Waals surface area (Å²) in [5.74, 6) is -1.19. The Kier molecular flexibility index (Phi) is 3.78. The van der Waals surface area contributed by atoms with Crippen molar-refractivity contribution >= 4 is 21.5 Å². The number of fused-ring (bicyclic) bond motifs is 1. The van der Waals surface area contributed by atoms with Crippen LogP contribution < -0.4 is 0 Å². The maximum atomic E-state index is 12.5. The Balaban J connectivity index is 1.85. The van der Waals surface area contributed by atoms with Gasteiger partial charge in [0.25, 0.3) is 5.91 Å². The summed E-state index contributed by atoms with van der Waals surface area (Å²) in [5.41, 5.74) is 0.337. The first kappa shape index (κ1) is 15.2. The van der Waals surface area contributed by atoms with Crippen LogP contribution in [0.3, 0.4) is 0 Å². The molecule has 1 aromatic carbocycles. The van der Waals surface area contributed by atoms with Crippen LogP contribution in [0, 0.1) is 0 Å². The third-order valence-electron chi connectivity index (χ3n) is 4.44. The van der Waals surface area contributed by atoms with E-state index >= 15 is 0 Å². The number of amides is 1. The second-order valence-electron chi connectivity index (χ2n) is 5.89. The number of piperazine rings is 1. The fourth-order valence-electron chi connectivity index (χ4n) is 3.22. The maximum Gasteiger partial charge on any atom is 0.295 e. The molecule has 1 aromatic rings. The van der Waals surface area contributed by atoms with Gasteiger partial charge >= 0.3 is 0 Å². The molecule has 118 valence electrons. The molecule has 0 spiro atoms. The summed E-state index contributed by atoms with van der Waals surface area (Å²) in [4.78, 5) is 28.3. The number of nitrogens with zero attached hydrogens (tertiary/aromatic N) is 2. The molecule has 0 radical (unpaired) electrons. The van der Waals surface area contributed by atoms with Gasteiger partial charge in [-0.2, -0.15) is 0 Å². The van der Waals surface area contributed by atoms with Gasteiger partial charge < -0.3 is 4.90 Å². The zero-order chi connectivity index (χ0) is 15.9. The second kappa shape index (κ2) is 5.48. The number of ketones is 1. The van der Waals surface area contributed by atoms with Crippen molar-refractivity contribution in [1.82, 2.24) is 9.80 Å². The van der Waals surface area contributed by atoms with Gasteiger partial charge in [0, 0.05) is 24.7 Å². The fourth-order valence-corrected chi connectivity index (χ4v) is 5.28. The average Bonchev–Trinajstić information content (AvgIpc) is 2.83. The van der Waals surface area contributed by atoms with E-state index in [1.54, 1.807) is 30.3 Å². The summed E-state index contributed by atoms with van der Waals surface area (Å²) in [6.07, 6.45) is 0. The molecule has 0 N–H and O–H groups in total. The molecule has 22 heavy (non-hydrogen) atoms. The van der Waals surface area contributed by atoms with Gasteiger partial charge in [0.1, 0.15) is 0 Å². The molecule has 0 saturated carbocycles. The van der Waals surface area contributed by atoms with Crippen LogP contribution in [-0.4, -0.2) is 73.6 Å². The normalized spacial score (nSPS) is 27.4. The average molecular weight is 322 g/mol. The quantitative estimate of drug-likeness (QED) is 0.557. The van der Waals surface area contributed by atoms with Crippen LogP contribution >= 0.6 is 0 Å². The zero-order valence-electron chi connectivity index (χ0n) is 12.3. The smallest absolute Gasteiger partial charge is 0.295 e. The third kappa shape index (κ3) is 2.66. The summed E-state index contributed by atoms with van der Waals surface area (Å²) in [6, 6.07) is 7.73. The largest absolute Gasteiger partial charge is 0.329 e. The number of hydrogen-bond donors (Lipinski definition) is 0.